The van der Waals surface area contributed by atoms with Gasteiger partial charge in [0.2, 0.25) is 5.82 Å². The maximum Gasteiger partial charge on any atom is 0.200 e. The molecule has 118 valence electrons. The highest BCUT2D eigenvalue weighted by molar-refractivity contribution is 5.55. The first-order valence-electron chi connectivity index (χ1n) is 6.82. The highest BCUT2D eigenvalue weighted by Crippen LogP contribution is 2.45. The number of halogens is 5. The standard InChI is InChI=1S/C15H18F5N/c1-14(2)6-5-7-15(3,4)21(14)13-11(19)9(17)8(16)10(18)12(13)20/h5-7H2,1-4H3. The fourth-order valence-corrected chi connectivity index (χ4v) is 3.39. The number of anilines is 1. The second kappa shape index (κ2) is 4.85. The number of hydrogen-bond acceptors (Lipinski definition) is 1. The van der Waals surface area contributed by atoms with Crippen molar-refractivity contribution in [3.63, 3.8) is 0 Å². The third kappa shape index (κ3) is 2.38. The zero-order valence-corrected chi connectivity index (χ0v) is 12.5. The Morgan fingerprint density at radius 1 is 0.667 bits per heavy atom. The van der Waals surface area contributed by atoms with Crippen LogP contribution in [0.1, 0.15) is 47.0 Å². The summed E-state index contributed by atoms with van der Waals surface area (Å²) >= 11 is 0. The van der Waals surface area contributed by atoms with Crippen molar-refractivity contribution >= 4 is 5.69 Å². The Morgan fingerprint density at radius 3 is 1.38 bits per heavy atom. The van der Waals surface area contributed by atoms with Gasteiger partial charge < -0.3 is 4.90 Å². The summed E-state index contributed by atoms with van der Waals surface area (Å²) in [6.07, 6.45) is 2.04. The molecule has 0 saturated carbocycles. The minimum atomic E-state index is -2.12. The number of nitrogens with zero attached hydrogens (tertiary/aromatic N) is 1. The molecule has 1 saturated heterocycles. The van der Waals surface area contributed by atoms with E-state index in [1.165, 1.54) is 4.90 Å². The summed E-state index contributed by atoms with van der Waals surface area (Å²) in [7, 11) is 0. The minimum Gasteiger partial charge on any atom is -0.356 e. The molecule has 1 aromatic rings. The number of piperidine rings is 1. The van der Waals surface area contributed by atoms with Crippen LogP contribution in [0.5, 0.6) is 0 Å². The molecule has 0 aromatic heterocycles. The van der Waals surface area contributed by atoms with Crippen LogP contribution >= 0.6 is 0 Å². The van der Waals surface area contributed by atoms with Crippen molar-refractivity contribution in [3.05, 3.63) is 29.1 Å². The average molecular weight is 307 g/mol. The molecule has 0 radical (unpaired) electrons. The molecule has 1 aromatic carbocycles. The molecule has 2 rings (SSSR count). The van der Waals surface area contributed by atoms with Gasteiger partial charge in [0.05, 0.1) is 0 Å². The van der Waals surface area contributed by atoms with E-state index in [1.54, 1.807) is 27.7 Å². The monoisotopic (exact) mass is 307 g/mol. The highest BCUT2D eigenvalue weighted by Gasteiger charge is 2.45. The Hall–Kier alpha value is -1.33. The van der Waals surface area contributed by atoms with Gasteiger partial charge >= 0.3 is 0 Å². The van der Waals surface area contributed by atoms with Gasteiger partial charge in [-0.3, -0.25) is 0 Å². The van der Waals surface area contributed by atoms with Gasteiger partial charge in [0.25, 0.3) is 0 Å². The molecule has 0 amide bonds. The maximum absolute atomic E-state index is 14.1. The number of hydrogen-bond donors (Lipinski definition) is 0. The molecule has 6 heteroatoms. The lowest BCUT2D eigenvalue weighted by Gasteiger charge is -2.54. The van der Waals surface area contributed by atoms with Gasteiger partial charge in [-0.1, -0.05) is 0 Å². The van der Waals surface area contributed by atoms with E-state index in [9.17, 15) is 22.0 Å². The van der Waals surface area contributed by atoms with Gasteiger partial charge in [-0.2, -0.15) is 0 Å². The van der Waals surface area contributed by atoms with Crippen LogP contribution in [-0.2, 0) is 0 Å². The van der Waals surface area contributed by atoms with Crippen LogP contribution in [0.15, 0.2) is 0 Å². The molecule has 1 heterocycles. The fourth-order valence-electron chi connectivity index (χ4n) is 3.39. The lowest BCUT2D eigenvalue weighted by atomic mass is 9.79. The predicted octanol–water partition coefficient (Wildman–Crippen LogP) is 4.93. The molecule has 1 aliphatic rings. The van der Waals surface area contributed by atoms with E-state index in [4.69, 9.17) is 0 Å². The first-order chi connectivity index (χ1) is 9.50. The molecule has 0 atom stereocenters. The van der Waals surface area contributed by atoms with Crippen LogP contribution in [0, 0.1) is 29.1 Å². The van der Waals surface area contributed by atoms with Crippen molar-refractivity contribution in [2.75, 3.05) is 4.90 Å². The normalized spacial score (nSPS) is 20.7. The van der Waals surface area contributed by atoms with Crippen molar-refractivity contribution < 1.29 is 22.0 Å². The van der Waals surface area contributed by atoms with Crippen LogP contribution in [-0.4, -0.2) is 11.1 Å². The molecule has 0 unspecified atom stereocenters. The third-order valence-corrected chi connectivity index (χ3v) is 4.20. The second-order valence-corrected chi connectivity index (χ2v) is 6.73. The van der Waals surface area contributed by atoms with Gasteiger partial charge in [-0.05, 0) is 47.0 Å². The molecule has 0 spiro atoms. The Balaban J connectivity index is 2.75. The van der Waals surface area contributed by atoms with Gasteiger partial charge in [0.1, 0.15) is 5.69 Å². The van der Waals surface area contributed by atoms with E-state index in [0.29, 0.717) is 12.8 Å². The molecule has 0 N–H and O–H groups in total. The van der Waals surface area contributed by atoms with E-state index in [1.807, 2.05) is 0 Å². The molecular weight excluding hydrogens is 289 g/mol. The maximum atomic E-state index is 14.1. The van der Waals surface area contributed by atoms with Crippen molar-refractivity contribution in [2.24, 2.45) is 0 Å². The van der Waals surface area contributed by atoms with Gasteiger partial charge in [-0.15, -0.1) is 0 Å². The summed E-state index contributed by atoms with van der Waals surface area (Å²) < 4.78 is 68.4. The summed E-state index contributed by atoms with van der Waals surface area (Å²) in [4.78, 5) is 1.33. The fraction of sp³-hybridized carbons (Fsp3) is 0.600. The minimum absolute atomic E-state index is 0.607. The predicted molar refractivity (Wildman–Crippen MR) is 70.7 cm³/mol. The van der Waals surface area contributed by atoms with E-state index < -0.39 is 45.9 Å². The van der Waals surface area contributed by atoms with Crippen molar-refractivity contribution in [3.8, 4) is 0 Å². The van der Waals surface area contributed by atoms with E-state index in [0.717, 1.165) is 6.42 Å². The van der Waals surface area contributed by atoms with E-state index >= 15 is 0 Å². The van der Waals surface area contributed by atoms with Crippen molar-refractivity contribution in [2.45, 2.75) is 58.0 Å². The zero-order chi connectivity index (χ0) is 16.2. The lowest BCUT2D eigenvalue weighted by molar-refractivity contribution is 0.235. The third-order valence-electron chi connectivity index (χ3n) is 4.20. The summed E-state index contributed by atoms with van der Waals surface area (Å²) in [5.41, 5.74) is -2.25. The smallest absolute Gasteiger partial charge is 0.200 e. The summed E-state index contributed by atoms with van der Waals surface area (Å²) in [5.74, 6) is -9.47. The Bertz CT molecular complexity index is 535. The molecule has 0 aliphatic carbocycles. The Labute approximate surface area is 120 Å². The van der Waals surface area contributed by atoms with Crippen LogP contribution in [0.3, 0.4) is 0 Å². The quantitative estimate of drug-likeness (QED) is 0.404. The SMILES string of the molecule is CC1(C)CCCC(C)(C)N1c1c(F)c(F)c(F)c(F)c1F. The van der Waals surface area contributed by atoms with Crippen molar-refractivity contribution in [1.82, 2.24) is 0 Å². The Morgan fingerprint density at radius 2 is 1.00 bits per heavy atom. The molecule has 0 bridgehead atoms. The first-order valence-corrected chi connectivity index (χ1v) is 6.82. The van der Waals surface area contributed by atoms with Crippen LogP contribution in [0.2, 0.25) is 0 Å². The topological polar surface area (TPSA) is 3.24 Å². The first kappa shape index (κ1) is 16.0. The molecule has 1 aliphatic heterocycles. The second-order valence-electron chi connectivity index (χ2n) is 6.73. The van der Waals surface area contributed by atoms with Gasteiger partial charge in [0, 0.05) is 11.1 Å². The Kier molecular flexibility index (Phi) is 3.71. The molecular formula is C15H18F5N. The summed E-state index contributed by atoms with van der Waals surface area (Å²) in [6, 6.07) is 0. The number of benzene rings is 1. The van der Waals surface area contributed by atoms with Gasteiger partial charge in [-0.25, -0.2) is 22.0 Å². The highest BCUT2D eigenvalue weighted by atomic mass is 19.2. The van der Waals surface area contributed by atoms with Crippen LogP contribution < -0.4 is 4.90 Å². The summed E-state index contributed by atoms with van der Waals surface area (Å²) in [5, 5.41) is 0. The molecule has 1 fully saturated rings. The largest absolute Gasteiger partial charge is 0.356 e. The summed E-state index contributed by atoms with van der Waals surface area (Å²) in [6.45, 7) is 6.97. The molecule has 1 nitrogen and oxygen atoms in total. The van der Waals surface area contributed by atoms with E-state index in [-0.39, 0.29) is 0 Å². The average Bonchev–Trinajstić information content (AvgIpc) is 2.36. The number of rotatable bonds is 1. The van der Waals surface area contributed by atoms with Gasteiger partial charge in [0.15, 0.2) is 23.3 Å². The zero-order valence-electron chi connectivity index (χ0n) is 12.5. The lowest BCUT2D eigenvalue weighted by Crippen LogP contribution is -2.59. The van der Waals surface area contributed by atoms with Crippen LogP contribution in [0.4, 0.5) is 27.6 Å². The van der Waals surface area contributed by atoms with Crippen molar-refractivity contribution in [1.29, 1.82) is 0 Å². The van der Waals surface area contributed by atoms with E-state index in [2.05, 4.69) is 0 Å². The molecule has 21 heavy (non-hydrogen) atoms. The van der Waals surface area contributed by atoms with Crippen LogP contribution in [0.25, 0.3) is 0 Å².